The maximum Gasteiger partial charge on any atom is 0.271 e. The van der Waals surface area contributed by atoms with Gasteiger partial charge in [0.05, 0.1) is 35.4 Å². The fourth-order valence-electron chi connectivity index (χ4n) is 2.77. The summed E-state index contributed by atoms with van der Waals surface area (Å²) in [6.45, 7) is 0.0597. The van der Waals surface area contributed by atoms with Crippen molar-refractivity contribution in [1.82, 2.24) is 4.31 Å². The van der Waals surface area contributed by atoms with E-state index < -0.39 is 20.9 Å². The fraction of sp³-hybridized carbons (Fsp3) is 0.150. The van der Waals surface area contributed by atoms with Crippen LogP contribution < -0.4 is 10.1 Å². The Kier molecular flexibility index (Phi) is 6.37. The number of nitro groups is 1. The maximum atomic E-state index is 12.7. The van der Waals surface area contributed by atoms with Gasteiger partial charge in [-0.15, -0.1) is 0 Å². The second kappa shape index (κ2) is 8.98. The zero-order valence-electron chi connectivity index (χ0n) is 16.6. The highest BCUT2D eigenvalue weighted by atomic mass is 32.2. The van der Waals surface area contributed by atoms with E-state index in [2.05, 4.69) is 5.32 Å². The van der Waals surface area contributed by atoms with Gasteiger partial charge in [0.15, 0.2) is 0 Å². The van der Waals surface area contributed by atoms with E-state index in [0.717, 1.165) is 4.31 Å². The zero-order chi connectivity index (χ0) is 22.6. The molecule has 10 nitrogen and oxygen atoms in total. The highest BCUT2D eigenvalue weighted by molar-refractivity contribution is 7.89. The first-order valence-corrected chi connectivity index (χ1v) is 10.4. The second-order valence-corrected chi connectivity index (χ2v) is 8.51. The molecule has 0 aliphatic rings. The van der Waals surface area contributed by atoms with Crippen LogP contribution in [0.5, 0.6) is 5.75 Å². The summed E-state index contributed by atoms with van der Waals surface area (Å²) in [5.74, 6) is 0.164. The Bertz CT molecular complexity index is 1190. The van der Waals surface area contributed by atoms with Gasteiger partial charge < -0.3 is 14.5 Å². The first-order valence-electron chi connectivity index (χ1n) is 8.95. The Morgan fingerprint density at radius 3 is 2.48 bits per heavy atom. The number of rotatable bonds is 8. The minimum absolute atomic E-state index is 0.00559. The molecule has 162 valence electrons. The quantitative estimate of drug-likeness (QED) is 0.416. The Labute approximate surface area is 178 Å². The number of carbonyl (C=O) groups is 1. The van der Waals surface area contributed by atoms with E-state index in [1.54, 1.807) is 12.1 Å². The van der Waals surface area contributed by atoms with Crippen LogP contribution in [0.25, 0.3) is 0 Å². The van der Waals surface area contributed by atoms with Crippen molar-refractivity contribution in [2.75, 3.05) is 19.5 Å². The van der Waals surface area contributed by atoms with E-state index in [0.29, 0.717) is 5.76 Å². The van der Waals surface area contributed by atoms with Gasteiger partial charge in [-0.25, -0.2) is 8.42 Å². The zero-order valence-corrected chi connectivity index (χ0v) is 17.5. The van der Waals surface area contributed by atoms with Crippen molar-refractivity contribution in [3.63, 3.8) is 0 Å². The van der Waals surface area contributed by atoms with E-state index in [1.165, 1.54) is 62.9 Å². The number of ether oxygens (including phenoxy) is 1. The van der Waals surface area contributed by atoms with E-state index in [1.807, 2.05) is 0 Å². The summed E-state index contributed by atoms with van der Waals surface area (Å²) in [6.07, 6.45) is 1.46. The number of nitrogens with zero attached hydrogens (tertiary/aromatic N) is 2. The van der Waals surface area contributed by atoms with Crippen molar-refractivity contribution in [1.29, 1.82) is 0 Å². The van der Waals surface area contributed by atoms with Crippen LogP contribution in [-0.4, -0.2) is 37.7 Å². The van der Waals surface area contributed by atoms with Crippen molar-refractivity contribution >= 4 is 27.3 Å². The summed E-state index contributed by atoms with van der Waals surface area (Å²) >= 11 is 0. The smallest absolute Gasteiger partial charge is 0.271 e. The van der Waals surface area contributed by atoms with Crippen molar-refractivity contribution < 1.29 is 27.3 Å². The van der Waals surface area contributed by atoms with Crippen LogP contribution in [0.15, 0.2) is 70.2 Å². The summed E-state index contributed by atoms with van der Waals surface area (Å²) in [5, 5.41) is 13.5. The second-order valence-electron chi connectivity index (χ2n) is 6.46. The van der Waals surface area contributed by atoms with Crippen molar-refractivity contribution in [2.24, 2.45) is 0 Å². The number of nitro benzene ring substituents is 1. The Morgan fingerprint density at radius 1 is 1.19 bits per heavy atom. The summed E-state index contributed by atoms with van der Waals surface area (Å²) in [4.78, 5) is 23.0. The van der Waals surface area contributed by atoms with Gasteiger partial charge in [0.2, 0.25) is 10.0 Å². The molecule has 11 heteroatoms. The van der Waals surface area contributed by atoms with Gasteiger partial charge in [0.1, 0.15) is 11.5 Å². The number of nitrogens with one attached hydrogen (secondary N) is 1. The molecule has 3 aromatic rings. The standard InChI is InChI=1S/C20H19N3O7S/c1-22(13-16-4-3-11-30-16)31(27,28)17-8-5-14(6-9-17)20(24)21-18-12-15(23(25)26)7-10-19(18)29-2/h3-12H,13H2,1-2H3,(H,21,24). The van der Waals surface area contributed by atoms with E-state index in [-0.39, 0.29) is 34.1 Å². The van der Waals surface area contributed by atoms with Crippen molar-refractivity contribution in [3.8, 4) is 5.75 Å². The van der Waals surface area contributed by atoms with Crippen LogP contribution in [0.4, 0.5) is 11.4 Å². The minimum Gasteiger partial charge on any atom is -0.495 e. The molecule has 0 atom stereocenters. The fourth-order valence-corrected chi connectivity index (χ4v) is 3.90. The molecular formula is C20H19N3O7S. The predicted molar refractivity (Wildman–Crippen MR) is 111 cm³/mol. The number of non-ortho nitro benzene ring substituents is 1. The largest absolute Gasteiger partial charge is 0.495 e. The van der Waals surface area contributed by atoms with Gasteiger partial charge in [0, 0.05) is 24.7 Å². The molecular weight excluding hydrogens is 426 g/mol. The molecule has 31 heavy (non-hydrogen) atoms. The number of amides is 1. The van der Waals surface area contributed by atoms with Crippen LogP contribution >= 0.6 is 0 Å². The van der Waals surface area contributed by atoms with E-state index >= 15 is 0 Å². The lowest BCUT2D eigenvalue weighted by molar-refractivity contribution is -0.384. The monoisotopic (exact) mass is 445 g/mol. The van der Waals surface area contributed by atoms with Gasteiger partial charge in [-0.05, 0) is 42.5 Å². The van der Waals surface area contributed by atoms with E-state index in [4.69, 9.17) is 9.15 Å². The van der Waals surface area contributed by atoms with Gasteiger partial charge >= 0.3 is 0 Å². The third kappa shape index (κ3) is 4.90. The van der Waals surface area contributed by atoms with Gasteiger partial charge in [-0.3, -0.25) is 14.9 Å². The Morgan fingerprint density at radius 2 is 1.90 bits per heavy atom. The molecule has 0 unspecified atom stereocenters. The number of anilines is 1. The molecule has 0 spiro atoms. The Hall–Kier alpha value is -3.70. The molecule has 0 fully saturated rings. The third-order valence-electron chi connectivity index (χ3n) is 4.43. The number of methoxy groups -OCH3 is 1. The molecule has 1 heterocycles. The highest BCUT2D eigenvalue weighted by Crippen LogP contribution is 2.29. The normalized spacial score (nSPS) is 11.3. The molecule has 1 amide bonds. The molecule has 0 bridgehead atoms. The highest BCUT2D eigenvalue weighted by Gasteiger charge is 2.22. The van der Waals surface area contributed by atoms with Gasteiger partial charge in [-0.2, -0.15) is 4.31 Å². The average Bonchev–Trinajstić information content (AvgIpc) is 3.26. The lowest BCUT2D eigenvalue weighted by Gasteiger charge is -2.16. The van der Waals surface area contributed by atoms with Crippen LogP contribution in [-0.2, 0) is 16.6 Å². The van der Waals surface area contributed by atoms with Crippen molar-refractivity contribution in [3.05, 3.63) is 82.3 Å². The predicted octanol–water partition coefficient (Wildman–Crippen LogP) is 3.27. The number of hydrogen-bond donors (Lipinski definition) is 1. The van der Waals surface area contributed by atoms with Crippen molar-refractivity contribution in [2.45, 2.75) is 11.4 Å². The molecule has 0 aliphatic carbocycles. The SMILES string of the molecule is COc1ccc([N+](=O)[O-])cc1NC(=O)c1ccc(S(=O)(=O)N(C)Cc2ccco2)cc1. The van der Waals surface area contributed by atoms with Gasteiger partial charge in [-0.1, -0.05) is 0 Å². The molecule has 0 saturated heterocycles. The summed E-state index contributed by atoms with van der Waals surface area (Å²) in [5.41, 5.74) is 0.0786. The summed E-state index contributed by atoms with van der Waals surface area (Å²) in [7, 11) is -1.00. The number of hydrogen-bond acceptors (Lipinski definition) is 7. The maximum absolute atomic E-state index is 12.7. The molecule has 0 aliphatic heterocycles. The van der Waals surface area contributed by atoms with Gasteiger partial charge in [0.25, 0.3) is 11.6 Å². The topological polar surface area (TPSA) is 132 Å². The summed E-state index contributed by atoms with van der Waals surface area (Å²) < 4.78 is 36.9. The van der Waals surface area contributed by atoms with Crippen LogP contribution in [0.3, 0.4) is 0 Å². The molecule has 2 aromatic carbocycles. The van der Waals surface area contributed by atoms with Crippen LogP contribution in [0.2, 0.25) is 0 Å². The van der Waals surface area contributed by atoms with Crippen LogP contribution in [0.1, 0.15) is 16.1 Å². The minimum atomic E-state index is -3.80. The van der Waals surface area contributed by atoms with E-state index in [9.17, 15) is 23.3 Å². The summed E-state index contributed by atoms with van der Waals surface area (Å²) in [6, 6.07) is 12.5. The molecule has 1 aromatic heterocycles. The lowest BCUT2D eigenvalue weighted by atomic mass is 10.2. The molecule has 1 N–H and O–H groups in total. The number of sulfonamides is 1. The number of furan rings is 1. The number of carbonyl (C=O) groups excluding carboxylic acids is 1. The average molecular weight is 445 g/mol. The lowest BCUT2D eigenvalue weighted by Crippen LogP contribution is -2.26. The third-order valence-corrected chi connectivity index (χ3v) is 6.24. The Balaban J connectivity index is 1.77. The molecule has 0 saturated carbocycles. The first-order chi connectivity index (χ1) is 14.7. The first kappa shape index (κ1) is 22.0. The molecule has 0 radical (unpaired) electrons. The van der Waals surface area contributed by atoms with Crippen LogP contribution in [0, 0.1) is 10.1 Å². The number of benzene rings is 2. The molecule has 3 rings (SSSR count).